The van der Waals surface area contributed by atoms with Crippen LogP contribution in [0.2, 0.25) is 0 Å². The fourth-order valence-electron chi connectivity index (χ4n) is 4.48. The molecule has 0 aliphatic heterocycles. The standard InChI is InChI=1S/C25H31N3O4S/c1-28(2)13-11-18-4-3-5-22(14-18)33(30,31)21-8-6-19(7-9-21)16-27-25(29)23-15-20-10-12-26-17-24(20)32-23/h6-10,12,15,17-18,22H,3-5,11,13-14,16H2,1-2H3,(H,27,29). The summed E-state index contributed by atoms with van der Waals surface area (Å²) < 4.78 is 32.0. The Hall–Kier alpha value is -2.71. The van der Waals surface area contributed by atoms with Gasteiger partial charge < -0.3 is 14.6 Å². The second kappa shape index (κ2) is 10.1. The monoisotopic (exact) mass is 469 g/mol. The van der Waals surface area contributed by atoms with Gasteiger partial charge in [0, 0.05) is 18.1 Å². The van der Waals surface area contributed by atoms with Gasteiger partial charge in [-0.15, -0.1) is 0 Å². The van der Waals surface area contributed by atoms with Crippen LogP contribution in [0.1, 0.15) is 48.2 Å². The van der Waals surface area contributed by atoms with Crippen molar-refractivity contribution in [2.24, 2.45) is 5.92 Å². The number of benzene rings is 1. The average molecular weight is 470 g/mol. The molecule has 3 aromatic rings. The van der Waals surface area contributed by atoms with Crippen LogP contribution >= 0.6 is 0 Å². The van der Waals surface area contributed by atoms with Crippen molar-refractivity contribution in [2.45, 2.75) is 48.8 Å². The van der Waals surface area contributed by atoms with Crippen molar-refractivity contribution in [2.75, 3.05) is 20.6 Å². The normalized spacial score (nSPS) is 19.1. The molecule has 1 fully saturated rings. The second-order valence-electron chi connectivity index (χ2n) is 9.14. The van der Waals surface area contributed by atoms with Crippen molar-refractivity contribution in [3.63, 3.8) is 0 Å². The molecule has 1 saturated carbocycles. The minimum atomic E-state index is -3.36. The maximum Gasteiger partial charge on any atom is 0.287 e. The number of nitrogens with zero attached hydrogens (tertiary/aromatic N) is 2. The zero-order valence-corrected chi connectivity index (χ0v) is 20.0. The van der Waals surface area contributed by atoms with Gasteiger partial charge in [-0.1, -0.05) is 25.0 Å². The average Bonchev–Trinajstić information content (AvgIpc) is 3.26. The number of rotatable bonds is 8. The molecule has 0 saturated heterocycles. The topological polar surface area (TPSA) is 92.5 Å². The van der Waals surface area contributed by atoms with Crippen molar-refractivity contribution in [1.82, 2.24) is 15.2 Å². The highest BCUT2D eigenvalue weighted by molar-refractivity contribution is 7.92. The van der Waals surface area contributed by atoms with Gasteiger partial charge in [0.05, 0.1) is 16.3 Å². The van der Waals surface area contributed by atoms with E-state index in [1.165, 1.54) is 0 Å². The zero-order valence-electron chi connectivity index (χ0n) is 19.2. The Morgan fingerprint density at radius 2 is 1.97 bits per heavy atom. The van der Waals surface area contributed by atoms with Gasteiger partial charge in [-0.05, 0) is 75.6 Å². The Bertz CT molecular complexity index is 1170. The van der Waals surface area contributed by atoms with Gasteiger partial charge in [0.1, 0.15) is 0 Å². The number of aromatic nitrogens is 1. The molecule has 176 valence electrons. The molecular formula is C25H31N3O4S. The van der Waals surface area contributed by atoms with E-state index in [9.17, 15) is 13.2 Å². The van der Waals surface area contributed by atoms with Gasteiger partial charge >= 0.3 is 0 Å². The summed E-state index contributed by atoms with van der Waals surface area (Å²) in [7, 11) is 0.740. The number of nitrogens with one attached hydrogen (secondary N) is 1. The van der Waals surface area contributed by atoms with Gasteiger partial charge in [0.25, 0.3) is 5.91 Å². The molecule has 0 bridgehead atoms. The number of carbonyl (C=O) groups is 1. The van der Waals surface area contributed by atoms with Gasteiger partial charge in [-0.2, -0.15) is 0 Å². The van der Waals surface area contributed by atoms with Crippen molar-refractivity contribution in [3.8, 4) is 0 Å². The molecule has 2 aromatic heterocycles. The van der Waals surface area contributed by atoms with Crippen molar-refractivity contribution in [3.05, 3.63) is 60.1 Å². The van der Waals surface area contributed by atoms with Crippen molar-refractivity contribution >= 4 is 26.7 Å². The van der Waals surface area contributed by atoms with Crippen LogP contribution in [0.4, 0.5) is 0 Å². The Balaban J connectivity index is 1.36. The highest BCUT2D eigenvalue weighted by Crippen LogP contribution is 2.34. The van der Waals surface area contributed by atoms with E-state index in [4.69, 9.17) is 4.42 Å². The first-order chi connectivity index (χ1) is 15.8. The lowest BCUT2D eigenvalue weighted by Gasteiger charge is -2.29. The maximum absolute atomic E-state index is 13.2. The Morgan fingerprint density at radius 3 is 2.70 bits per heavy atom. The summed E-state index contributed by atoms with van der Waals surface area (Å²) in [5.41, 5.74) is 1.39. The first-order valence-corrected chi connectivity index (χ1v) is 13.0. The number of furan rings is 1. The van der Waals surface area contributed by atoms with E-state index >= 15 is 0 Å². The molecular weight excluding hydrogens is 438 g/mol. The molecule has 1 aromatic carbocycles. The summed E-state index contributed by atoms with van der Waals surface area (Å²) in [6.45, 7) is 1.27. The predicted octanol–water partition coefficient (Wildman–Crippen LogP) is 4.04. The van der Waals surface area contributed by atoms with Gasteiger partial charge in [-0.25, -0.2) is 8.42 Å². The summed E-state index contributed by atoms with van der Waals surface area (Å²) in [5, 5.41) is 3.32. The predicted molar refractivity (Wildman–Crippen MR) is 128 cm³/mol. The molecule has 2 heterocycles. The largest absolute Gasteiger partial charge is 0.449 e. The van der Waals surface area contributed by atoms with Crippen LogP contribution in [-0.4, -0.2) is 50.1 Å². The number of hydrogen-bond donors (Lipinski definition) is 1. The van der Waals surface area contributed by atoms with Crippen molar-refractivity contribution in [1.29, 1.82) is 0 Å². The second-order valence-corrected chi connectivity index (χ2v) is 11.4. The third kappa shape index (κ3) is 5.62. The van der Waals surface area contributed by atoms with E-state index in [1.54, 1.807) is 48.8 Å². The van der Waals surface area contributed by atoms with Crippen molar-refractivity contribution < 1.29 is 17.6 Å². The summed E-state index contributed by atoms with van der Waals surface area (Å²) >= 11 is 0. The first-order valence-electron chi connectivity index (χ1n) is 11.4. The lowest BCUT2D eigenvalue weighted by molar-refractivity contribution is 0.0925. The van der Waals surface area contributed by atoms with Crippen LogP contribution < -0.4 is 5.32 Å². The summed E-state index contributed by atoms with van der Waals surface area (Å²) in [6.07, 6.45) is 7.80. The Kier molecular flexibility index (Phi) is 7.14. The molecule has 4 rings (SSSR count). The van der Waals surface area contributed by atoms with Gasteiger partial charge in [-0.3, -0.25) is 9.78 Å². The number of sulfone groups is 1. The number of amides is 1. The minimum Gasteiger partial charge on any atom is -0.449 e. The highest BCUT2D eigenvalue weighted by Gasteiger charge is 2.32. The van der Waals surface area contributed by atoms with E-state index in [2.05, 4.69) is 29.3 Å². The molecule has 2 atom stereocenters. The van der Waals surface area contributed by atoms with Gasteiger partial charge in [0.15, 0.2) is 21.2 Å². The van der Waals surface area contributed by atoms with Crippen LogP contribution in [0.15, 0.2) is 58.1 Å². The fourth-order valence-corrected chi connectivity index (χ4v) is 6.38. The molecule has 0 radical (unpaired) electrons. The van der Waals surface area contributed by atoms with Crippen LogP contribution in [0, 0.1) is 5.92 Å². The molecule has 7 nitrogen and oxygen atoms in total. The SMILES string of the molecule is CN(C)CCC1CCCC(S(=O)(=O)c2ccc(CNC(=O)c3cc4ccncc4o3)cc2)C1. The number of pyridine rings is 1. The van der Waals surface area contributed by atoms with E-state index < -0.39 is 9.84 Å². The summed E-state index contributed by atoms with van der Waals surface area (Å²) in [4.78, 5) is 18.9. The third-order valence-electron chi connectivity index (χ3n) is 6.41. The molecule has 0 spiro atoms. The smallest absolute Gasteiger partial charge is 0.287 e. The molecule has 1 N–H and O–H groups in total. The van der Waals surface area contributed by atoms with Gasteiger partial charge in [0.2, 0.25) is 0 Å². The lowest BCUT2D eigenvalue weighted by Crippen LogP contribution is -2.30. The fraction of sp³-hybridized carbons (Fsp3) is 0.440. The van der Waals surface area contributed by atoms with E-state index in [1.807, 2.05) is 0 Å². The van der Waals surface area contributed by atoms with Crippen LogP contribution in [0.25, 0.3) is 11.0 Å². The molecule has 1 amide bonds. The van der Waals surface area contributed by atoms with Crippen LogP contribution in [-0.2, 0) is 16.4 Å². The third-order valence-corrected chi connectivity index (χ3v) is 8.64. The quantitative estimate of drug-likeness (QED) is 0.535. The van der Waals surface area contributed by atoms with E-state index in [-0.39, 0.29) is 23.5 Å². The molecule has 1 aliphatic rings. The number of hydrogen-bond acceptors (Lipinski definition) is 6. The lowest BCUT2D eigenvalue weighted by atomic mass is 9.86. The molecule has 2 unspecified atom stereocenters. The van der Waals surface area contributed by atoms with E-state index in [0.29, 0.717) is 16.4 Å². The highest BCUT2D eigenvalue weighted by atomic mass is 32.2. The minimum absolute atomic E-state index is 0.221. The zero-order chi connectivity index (χ0) is 23.4. The molecule has 1 aliphatic carbocycles. The van der Waals surface area contributed by atoms with E-state index in [0.717, 1.165) is 49.6 Å². The van der Waals surface area contributed by atoms with Crippen LogP contribution in [0.3, 0.4) is 0 Å². The maximum atomic E-state index is 13.2. The number of carbonyl (C=O) groups excluding carboxylic acids is 1. The Labute approximate surface area is 195 Å². The summed E-state index contributed by atoms with van der Waals surface area (Å²) in [6, 6.07) is 10.3. The first kappa shape index (κ1) is 23.4. The molecule has 33 heavy (non-hydrogen) atoms. The summed E-state index contributed by atoms with van der Waals surface area (Å²) in [5.74, 6) is 0.358. The van der Waals surface area contributed by atoms with Crippen LogP contribution in [0.5, 0.6) is 0 Å². The molecule has 8 heteroatoms. The Morgan fingerprint density at radius 1 is 1.18 bits per heavy atom. The number of fused-ring (bicyclic) bond motifs is 1.